The number of thiocarbonyl (C=S) groups is 1. The van der Waals surface area contributed by atoms with Gasteiger partial charge in [0.25, 0.3) is 5.91 Å². The first-order chi connectivity index (χ1) is 16.4. The maximum absolute atomic E-state index is 12.8. The number of nitrogens with one attached hydrogen (secondary N) is 1. The third-order valence-electron chi connectivity index (χ3n) is 4.97. The molecule has 10 heteroatoms. The molecule has 0 aliphatic carbocycles. The van der Waals surface area contributed by atoms with Crippen molar-refractivity contribution in [1.82, 2.24) is 9.88 Å². The minimum Gasteiger partial charge on any atom is -0.497 e. The van der Waals surface area contributed by atoms with E-state index in [-0.39, 0.29) is 24.8 Å². The Kier molecular flexibility index (Phi) is 7.99. The average Bonchev–Trinajstić information content (AvgIpc) is 3.37. The van der Waals surface area contributed by atoms with Crippen LogP contribution in [0.1, 0.15) is 22.4 Å². The first kappa shape index (κ1) is 24.4. The summed E-state index contributed by atoms with van der Waals surface area (Å²) in [4.78, 5) is 32.5. The summed E-state index contributed by atoms with van der Waals surface area (Å²) in [6.07, 6.45) is 4.27. The Bertz CT molecular complexity index is 1260. The van der Waals surface area contributed by atoms with Gasteiger partial charge in [-0.05, 0) is 35.4 Å². The van der Waals surface area contributed by atoms with Gasteiger partial charge in [-0.25, -0.2) is 4.98 Å². The SMILES string of the molecule is COc1ccc(/C=C2\SC(=S)N(CCC(=O)Nc3ncc(Cc4ccccc4Cl)s3)C2=O)cc1. The highest BCUT2D eigenvalue weighted by Gasteiger charge is 2.32. The van der Waals surface area contributed by atoms with Crippen molar-refractivity contribution >= 4 is 74.3 Å². The monoisotopic (exact) mass is 529 g/mol. The number of halogens is 1. The van der Waals surface area contributed by atoms with Gasteiger partial charge in [-0.15, -0.1) is 11.3 Å². The largest absolute Gasteiger partial charge is 0.497 e. The Labute approximate surface area is 216 Å². The van der Waals surface area contributed by atoms with Crippen molar-refractivity contribution in [2.45, 2.75) is 12.8 Å². The lowest BCUT2D eigenvalue weighted by Gasteiger charge is -2.13. The van der Waals surface area contributed by atoms with Crippen LogP contribution in [0.15, 0.2) is 59.6 Å². The van der Waals surface area contributed by atoms with Gasteiger partial charge >= 0.3 is 0 Å². The van der Waals surface area contributed by atoms with Gasteiger partial charge in [-0.2, -0.15) is 0 Å². The van der Waals surface area contributed by atoms with E-state index >= 15 is 0 Å². The summed E-state index contributed by atoms with van der Waals surface area (Å²) in [6, 6.07) is 15.0. The van der Waals surface area contributed by atoms with E-state index < -0.39 is 0 Å². The fourth-order valence-electron chi connectivity index (χ4n) is 3.22. The molecule has 6 nitrogen and oxygen atoms in total. The number of benzene rings is 2. The summed E-state index contributed by atoms with van der Waals surface area (Å²) in [7, 11) is 1.60. The number of amides is 2. The molecular weight excluding hydrogens is 510 g/mol. The molecule has 3 aromatic rings. The van der Waals surface area contributed by atoms with Gasteiger partial charge in [-0.3, -0.25) is 14.5 Å². The number of carbonyl (C=O) groups excluding carboxylic acids is 2. The standard InChI is InChI=1S/C24H20ClN3O3S3/c1-31-17-8-6-15(7-9-17)12-20-22(30)28(24(32)34-20)11-10-21(29)27-23-26-14-18(33-23)13-16-4-2-3-5-19(16)25/h2-9,12,14H,10-11,13H2,1H3,(H,26,27,29)/b20-12-. The van der Waals surface area contributed by atoms with Gasteiger partial charge in [0.05, 0.1) is 12.0 Å². The smallest absolute Gasteiger partial charge is 0.266 e. The Hall–Kier alpha value is -2.72. The molecule has 1 saturated heterocycles. The molecule has 174 valence electrons. The summed E-state index contributed by atoms with van der Waals surface area (Å²) in [5.74, 6) is 0.314. The van der Waals surface area contributed by atoms with Crippen LogP contribution in [0, 0.1) is 0 Å². The molecule has 0 unspecified atom stereocenters. The molecule has 0 spiro atoms. The number of rotatable bonds is 8. The maximum Gasteiger partial charge on any atom is 0.266 e. The van der Waals surface area contributed by atoms with Gasteiger partial charge in [0.1, 0.15) is 10.1 Å². The summed E-state index contributed by atoms with van der Waals surface area (Å²) >= 11 is 14.2. The van der Waals surface area contributed by atoms with Crippen LogP contribution in [0.4, 0.5) is 5.13 Å². The molecule has 1 fully saturated rings. The van der Waals surface area contributed by atoms with Gasteiger partial charge in [-0.1, -0.05) is 65.9 Å². The van der Waals surface area contributed by atoms with Crippen LogP contribution < -0.4 is 10.1 Å². The van der Waals surface area contributed by atoms with E-state index in [1.54, 1.807) is 19.4 Å². The number of aromatic nitrogens is 1. The third kappa shape index (κ3) is 6.04. The second-order valence-electron chi connectivity index (χ2n) is 7.30. The fourth-order valence-corrected chi connectivity index (χ4v) is 5.58. The molecule has 1 aromatic heterocycles. The van der Waals surface area contributed by atoms with Gasteiger partial charge in [0.15, 0.2) is 5.13 Å². The normalized spacial score (nSPS) is 14.6. The van der Waals surface area contributed by atoms with Crippen molar-refractivity contribution in [3.8, 4) is 5.75 Å². The number of thiazole rings is 1. The van der Waals surface area contributed by atoms with E-state index in [1.165, 1.54) is 28.0 Å². The molecule has 1 aliphatic heterocycles. The van der Waals surface area contributed by atoms with Crippen molar-refractivity contribution < 1.29 is 14.3 Å². The van der Waals surface area contributed by atoms with Crippen LogP contribution in [0.3, 0.4) is 0 Å². The molecule has 1 N–H and O–H groups in total. The quantitative estimate of drug-likeness (QED) is 0.301. The number of hydrogen-bond donors (Lipinski definition) is 1. The van der Waals surface area contributed by atoms with Crippen LogP contribution in [0.2, 0.25) is 5.02 Å². The molecule has 0 atom stereocenters. The third-order valence-corrected chi connectivity index (χ3v) is 7.63. The number of thioether (sulfide) groups is 1. The Morgan fingerprint density at radius 2 is 2.00 bits per heavy atom. The topological polar surface area (TPSA) is 71.5 Å². The van der Waals surface area contributed by atoms with E-state index in [2.05, 4.69) is 10.3 Å². The lowest BCUT2D eigenvalue weighted by molar-refractivity contribution is -0.122. The van der Waals surface area contributed by atoms with Crippen LogP contribution in [0.25, 0.3) is 6.08 Å². The molecule has 34 heavy (non-hydrogen) atoms. The summed E-state index contributed by atoms with van der Waals surface area (Å²) in [5.41, 5.74) is 1.87. The van der Waals surface area contributed by atoms with Crippen LogP contribution >= 0.6 is 46.9 Å². The molecule has 0 radical (unpaired) electrons. The maximum atomic E-state index is 12.8. The lowest BCUT2D eigenvalue weighted by atomic mass is 10.1. The molecule has 2 aromatic carbocycles. The molecular formula is C24H20ClN3O3S3. The highest BCUT2D eigenvalue weighted by Crippen LogP contribution is 2.33. The minimum absolute atomic E-state index is 0.113. The first-order valence-corrected chi connectivity index (χ1v) is 12.7. The first-order valence-electron chi connectivity index (χ1n) is 10.3. The van der Waals surface area contributed by atoms with Crippen molar-refractivity contribution in [3.05, 3.63) is 80.7 Å². The molecule has 2 heterocycles. The number of nitrogens with zero attached hydrogens (tertiary/aromatic N) is 2. The lowest BCUT2D eigenvalue weighted by Crippen LogP contribution is -2.31. The van der Waals surface area contributed by atoms with Crippen molar-refractivity contribution in [3.63, 3.8) is 0 Å². The number of hydrogen-bond acceptors (Lipinski definition) is 7. The summed E-state index contributed by atoms with van der Waals surface area (Å²) in [5, 5.41) is 4.01. The average molecular weight is 530 g/mol. The predicted octanol–water partition coefficient (Wildman–Crippen LogP) is 5.63. The number of anilines is 1. The number of ether oxygens (including phenoxy) is 1. The highest BCUT2D eigenvalue weighted by atomic mass is 35.5. The summed E-state index contributed by atoms with van der Waals surface area (Å²) in [6.45, 7) is 0.203. The van der Waals surface area contributed by atoms with Crippen LogP contribution in [-0.4, -0.2) is 39.7 Å². The Balaban J connectivity index is 1.31. The van der Waals surface area contributed by atoms with Crippen LogP contribution in [0.5, 0.6) is 5.75 Å². The second kappa shape index (κ2) is 11.1. The van der Waals surface area contributed by atoms with E-state index in [1.807, 2.05) is 48.5 Å². The zero-order chi connectivity index (χ0) is 24.1. The number of carbonyl (C=O) groups is 2. The van der Waals surface area contributed by atoms with Crippen molar-refractivity contribution in [2.24, 2.45) is 0 Å². The van der Waals surface area contributed by atoms with E-state index in [0.29, 0.717) is 25.8 Å². The van der Waals surface area contributed by atoms with Crippen molar-refractivity contribution in [1.29, 1.82) is 0 Å². The molecule has 1 aliphatic rings. The predicted molar refractivity (Wildman–Crippen MR) is 142 cm³/mol. The Morgan fingerprint density at radius 3 is 2.74 bits per heavy atom. The van der Waals surface area contributed by atoms with E-state index in [0.717, 1.165) is 21.8 Å². The Morgan fingerprint density at radius 1 is 1.24 bits per heavy atom. The van der Waals surface area contributed by atoms with Gasteiger partial charge in [0, 0.05) is 35.5 Å². The highest BCUT2D eigenvalue weighted by molar-refractivity contribution is 8.26. The van der Waals surface area contributed by atoms with Gasteiger partial charge < -0.3 is 10.1 Å². The second-order valence-corrected chi connectivity index (χ2v) is 10.5. The van der Waals surface area contributed by atoms with Crippen molar-refractivity contribution in [2.75, 3.05) is 19.0 Å². The minimum atomic E-state index is -0.230. The molecule has 2 amide bonds. The fraction of sp³-hybridized carbons (Fsp3) is 0.167. The van der Waals surface area contributed by atoms with Crippen LogP contribution in [-0.2, 0) is 16.0 Å². The molecule has 0 bridgehead atoms. The summed E-state index contributed by atoms with van der Waals surface area (Å²) < 4.78 is 5.59. The molecule has 4 rings (SSSR count). The van der Waals surface area contributed by atoms with E-state index in [4.69, 9.17) is 28.6 Å². The zero-order valence-electron chi connectivity index (χ0n) is 18.1. The van der Waals surface area contributed by atoms with E-state index in [9.17, 15) is 9.59 Å². The molecule has 0 saturated carbocycles. The zero-order valence-corrected chi connectivity index (χ0v) is 21.3. The number of methoxy groups -OCH3 is 1. The van der Waals surface area contributed by atoms with Gasteiger partial charge in [0.2, 0.25) is 5.91 Å².